The van der Waals surface area contributed by atoms with Gasteiger partial charge in [-0.2, -0.15) is 0 Å². The van der Waals surface area contributed by atoms with Crippen molar-refractivity contribution in [3.05, 3.63) is 40.3 Å². The van der Waals surface area contributed by atoms with E-state index in [1.807, 2.05) is 24.3 Å². The van der Waals surface area contributed by atoms with E-state index in [4.69, 9.17) is 0 Å². The van der Waals surface area contributed by atoms with Gasteiger partial charge >= 0.3 is 5.97 Å². The molecule has 3 aliphatic rings. The molecule has 0 unspecified atom stereocenters. The van der Waals surface area contributed by atoms with Crippen molar-refractivity contribution in [2.75, 3.05) is 0 Å². The van der Waals surface area contributed by atoms with Gasteiger partial charge in [-0.3, -0.25) is 14.5 Å². The maximum absolute atomic E-state index is 13.8. The first kappa shape index (κ1) is 24.9. The summed E-state index contributed by atoms with van der Waals surface area (Å²) in [4.78, 5) is 45.6. The van der Waals surface area contributed by atoms with E-state index in [1.54, 1.807) is 4.57 Å². The van der Waals surface area contributed by atoms with Crippen LogP contribution in [0.3, 0.4) is 0 Å². The third kappa shape index (κ3) is 4.67. The maximum Gasteiger partial charge on any atom is 0.328 e. The predicted octanol–water partition coefficient (Wildman–Crippen LogP) is 4.27. The second kappa shape index (κ2) is 9.96. The molecule has 2 aromatic rings. The van der Waals surface area contributed by atoms with Crippen LogP contribution in [0.25, 0.3) is 11.0 Å². The Hall–Kier alpha value is -2.74. The van der Waals surface area contributed by atoms with Crippen LogP contribution in [0.5, 0.6) is 0 Å². The summed E-state index contributed by atoms with van der Waals surface area (Å²) < 4.78 is 1.78. The molecule has 194 valence electrons. The monoisotopic (exact) mass is 494 g/mol. The third-order valence-corrected chi connectivity index (χ3v) is 8.60. The number of nitrogens with zero attached hydrogens (tertiary/aromatic N) is 3. The number of hydrogen-bond acceptors (Lipinski definition) is 5. The Labute approximate surface area is 212 Å². The normalized spacial score (nSPS) is 25.9. The number of para-hydroxylation sites is 2. The number of amides is 1. The SMILES string of the molecule is CC(C)(NC(=O)c1nc2ccccc2n([C@H]2C[C@H]3CC[C@@H](C2)N3C2CCCCCCC2)c1=O)C(=O)O. The molecule has 1 saturated carbocycles. The molecule has 36 heavy (non-hydrogen) atoms. The Morgan fingerprint density at radius 2 is 1.53 bits per heavy atom. The minimum Gasteiger partial charge on any atom is -0.480 e. The average Bonchev–Trinajstić information content (AvgIpc) is 3.07. The van der Waals surface area contributed by atoms with Gasteiger partial charge in [0.25, 0.3) is 11.5 Å². The lowest BCUT2D eigenvalue weighted by Crippen LogP contribution is -2.52. The fourth-order valence-corrected chi connectivity index (χ4v) is 6.79. The smallest absolute Gasteiger partial charge is 0.328 e. The van der Waals surface area contributed by atoms with Crippen LogP contribution in [-0.2, 0) is 4.79 Å². The number of aliphatic carboxylic acids is 1. The van der Waals surface area contributed by atoms with Gasteiger partial charge in [0.2, 0.25) is 0 Å². The van der Waals surface area contributed by atoms with Gasteiger partial charge in [-0.05, 0) is 64.5 Å². The fraction of sp³-hybridized carbons (Fsp3) is 0.643. The Kier molecular flexibility index (Phi) is 6.90. The summed E-state index contributed by atoms with van der Waals surface area (Å²) >= 11 is 0. The van der Waals surface area contributed by atoms with Crippen molar-refractivity contribution in [2.45, 2.75) is 114 Å². The molecule has 2 saturated heterocycles. The zero-order chi connectivity index (χ0) is 25.4. The molecular formula is C28H38N4O4. The van der Waals surface area contributed by atoms with E-state index in [2.05, 4.69) is 15.2 Å². The van der Waals surface area contributed by atoms with Crippen LogP contribution in [0.15, 0.2) is 29.1 Å². The van der Waals surface area contributed by atoms with Crippen LogP contribution in [0.2, 0.25) is 0 Å². The topological polar surface area (TPSA) is 105 Å². The van der Waals surface area contributed by atoms with Crippen LogP contribution in [-0.4, -0.2) is 55.1 Å². The van der Waals surface area contributed by atoms with Gasteiger partial charge in [0.15, 0.2) is 5.69 Å². The van der Waals surface area contributed by atoms with Crippen LogP contribution >= 0.6 is 0 Å². The molecule has 1 amide bonds. The number of aromatic nitrogens is 2. The highest BCUT2D eigenvalue weighted by Crippen LogP contribution is 2.44. The Bertz CT molecular complexity index is 1180. The highest BCUT2D eigenvalue weighted by atomic mass is 16.4. The van der Waals surface area contributed by atoms with E-state index in [9.17, 15) is 19.5 Å². The zero-order valence-electron chi connectivity index (χ0n) is 21.4. The minimum absolute atomic E-state index is 0.00765. The molecule has 0 spiro atoms. The van der Waals surface area contributed by atoms with Gasteiger partial charge in [-0.15, -0.1) is 0 Å². The summed E-state index contributed by atoms with van der Waals surface area (Å²) in [5.74, 6) is -1.92. The fourth-order valence-electron chi connectivity index (χ4n) is 6.79. The molecule has 1 aromatic heterocycles. The number of nitrogens with one attached hydrogen (secondary N) is 1. The van der Waals surface area contributed by atoms with E-state index in [0.717, 1.165) is 31.2 Å². The van der Waals surface area contributed by atoms with Gasteiger partial charge in [0, 0.05) is 24.2 Å². The number of hydrogen-bond donors (Lipinski definition) is 2. The molecular weight excluding hydrogens is 456 g/mol. The number of carbonyl (C=O) groups is 2. The summed E-state index contributed by atoms with van der Waals surface area (Å²) in [6, 6.07) is 9.00. The van der Waals surface area contributed by atoms with Crippen molar-refractivity contribution in [3.8, 4) is 0 Å². The second-order valence-corrected chi connectivity index (χ2v) is 11.5. The van der Waals surface area contributed by atoms with Crippen molar-refractivity contribution in [2.24, 2.45) is 0 Å². The molecule has 3 heterocycles. The van der Waals surface area contributed by atoms with Crippen molar-refractivity contribution < 1.29 is 14.7 Å². The molecule has 3 atom stereocenters. The molecule has 0 radical (unpaired) electrons. The first-order chi connectivity index (χ1) is 17.3. The Morgan fingerprint density at radius 3 is 2.17 bits per heavy atom. The number of piperidine rings is 1. The highest BCUT2D eigenvalue weighted by Gasteiger charge is 2.45. The van der Waals surface area contributed by atoms with E-state index in [0.29, 0.717) is 23.6 Å². The van der Waals surface area contributed by atoms with E-state index in [1.165, 1.54) is 58.8 Å². The largest absolute Gasteiger partial charge is 0.480 e. The van der Waals surface area contributed by atoms with Gasteiger partial charge < -0.3 is 15.0 Å². The van der Waals surface area contributed by atoms with Gasteiger partial charge in [0.05, 0.1) is 11.0 Å². The third-order valence-electron chi connectivity index (χ3n) is 8.60. The number of rotatable bonds is 5. The number of fused-ring (bicyclic) bond motifs is 3. The van der Waals surface area contributed by atoms with E-state index >= 15 is 0 Å². The first-order valence-electron chi connectivity index (χ1n) is 13.6. The predicted molar refractivity (Wildman–Crippen MR) is 138 cm³/mol. The lowest BCUT2D eigenvalue weighted by molar-refractivity contribution is -0.143. The van der Waals surface area contributed by atoms with Gasteiger partial charge in [-0.25, -0.2) is 9.78 Å². The molecule has 8 heteroatoms. The number of benzene rings is 1. The van der Waals surface area contributed by atoms with Crippen molar-refractivity contribution in [1.82, 2.24) is 19.8 Å². The molecule has 2 aliphatic heterocycles. The summed E-state index contributed by atoms with van der Waals surface area (Å²) in [5, 5.41) is 11.9. The molecule has 5 rings (SSSR count). The standard InChI is InChI=1S/C28H38N4O4/c1-28(2,27(35)36)30-25(33)24-26(34)32(23-13-9-8-12-22(23)29-24)21-16-19-14-15-20(17-21)31(19)18-10-6-4-3-5-7-11-18/h8-9,12-13,18-21H,3-7,10-11,14-17H2,1-2H3,(H,30,33)(H,35,36)/t19-,20+,21+. The molecule has 8 nitrogen and oxygen atoms in total. The summed E-state index contributed by atoms with van der Waals surface area (Å²) in [7, 11) is 0. The van der Waals surface area contributed by atoms with Crippen molar-refractivity contribution in [1.29, 1.82) is 0 Å². The van der Waals surface area contributed by atoms with Crippen LogP contribution in [0, 0.1) is 0 Å². The Balaban J connectivity index is 1.47. The Morgan fingerprint density at radius 1 is 0.917 bits per heavy atom. The van der Waals surface area contributed by atoms with Gasteiger partial charge in [0.1, 0.15) is 5.54 Å². The lowest BCUT2D eigenvalue weighted by Gasteiger charge is -2.45. The molecule has 2 bridgehead atoms. The number of carbonyl (C=O) groups excluding carboxylic acids is 1. The zero-order valence-corrected chi connectivity index (χ0v) is 21.4. The minimum atomic E-state index is -1.51. The van der Waals surface area contributed by atoms with Crippen molar-refractivity contribution in [3.63, 3.8) is 0 Å². The molecule has 3 fully saturated rings. The number of carboxylic acids is 1. The number of carboxylic acid groups (broad SMARTS) is 1. The molecule has 2 N–H and O–H groups in total. The highest BCUT2D eigenvalue weighted by molar-refractivity contribution is 5.97. The van der Waals surface area contributed by atoms with Crippen LogP contribution < -0.4 is 10.9 Å². The summed E-state index contributed by atoms with van der Waals surface area (Å²) in [6.45, 7) is 2.80. The summed E-state index contributed by atoms with van der Waals surface area (Å²) in [6.07, 6.45) is 13.3. The summed E-state index contributed by atoms with van der Waals surface area (Å²) in [5.41, 5.74) is -0.872. The molecule has 1 aliphatic carbocycles. The van der Waals surface area contributed by atoms with E-state index < -0.39 is 23.0 Å². The van der Waals surface area contributed by atoms with Crippen LogP contribution in [0.1, 0.15) is 101 Å². The quantitative estimate of drug-likeness (QED) is 0.643. The van der Waals surface area contributed by atoms with Crippen LogP contribution in [0.4, 0.5) is 0 Å². The van der Waals surface area contributed by atoms with Gasteiger partial charge in [-0.1, -0.05) is 44.2 Å². The van der Waals surface area contributed by atoms with E-state index in [-0.39, 0.29) is 11.7 Å². The second-order valence-electron chi connectivity index (χ2n) is 11.5. The maximum atomic E-state index is 13.8. The average molecular weight is 495 g/mol. The lowest BCUT2D eigenvalue weighted by atomic mass is 9.89. The molecule has 1 aromatic carbocycles. The van der Waals surface area contributed by atoms with Crippen molar-refractivity contribution >= 4 is 22.9 Å². The first-order valence-corrected chi connectivity index (χ1v) is 13.6.